The van der Waals surface area contributed by atoms with E-state index in [2.05, 4.69) is 31.9 Å². The zero-order valence-electron chi connectivity index (χ0n) is 15.3. The minimum absolute atomic E-state index is 0.523. The third-order valence-corrected chi connectivity index (χ3v) is 4.98. The number of nitrogens with zero attached hydrogens (tertiary/aromatic N) is 6. The average molecular weight is 347 g/mol. The molecule has 25 heavy (non-hydrogen) atoms. The summed E-state index contributed by atoms with van der Waals surface area (Å²) in [6.45, 7) is 12.7. The smallest absolute Gasteiger partial charge is 0.194 e. The SMILES string of the molecule is C=CCNC(=NCc1nnc(C)n1C)N1CCC(N2CCOCC2)C1. The summed E-state index contributed by atoms with van der Waals surface area (Å²) < 4.78 is 7.45. The molecular formula is C17H29N7O. The number of ether oxygens (including phenoxy) is 1. The van der Waals surface area contributed by atoms with Crippen molar-refractivity contribution in [2.24, 2.45) is 12.0 Å². The molecule has 2 aliphatic rings. The van der Waals surface area contributed by atoms with Gasteiger partial charge in [-0.15, -0.1) is 16.8 Å². The Kier molecular flexibility index (Phi) is 6.04. The summed E-state index contributed by atoms with van der Waals surface area (Å²) in [5.74, 6) is 2.70. The number of likely N-dealkylation sites (tertiary alicyclic amines) is 1. The second-order valence-corrected chi connectivity index (χ2v) is 6.57. The number of aryl methyl sites for hydroxylation is 1. The molecule has 3 heterocycles. The maximum Gasteiger partial charge on any atom is 0.194 e. The van der Waals surface area contributed by atoms with Crippen LogP contribution in [-0.2, 0) is 18.3 Å². The average Bonchev–Trinajstić information content (AvgIpc) is 3.25. The number of nitrogens with one attached hydrogen (secondary N) is 1. The molecular weight excluding hydrogens is 318 g/mol. The summed E-state index contributed by atoms with van der Waals surface area (Å²) in [5, 5.41) is 11.7. The van der Waals surface area contributed by atoms with Crippen LogP contribution in [0, 0.1) is 6.92 Å². The van der Waals surface area contributed by atoms with Crippen LogP contribution in [0.3, 0.4) is 0 Å². The van der Waals surface area contributed by atoms with Crippen LogP contribution >= 0.6 is 0 Å². The highest BCUT2D eigenvalue weighted by molar-refractivity contribution is 5.80. The van der Waals surface area contributed by atoms with Gasteiger partial charge in [-0.1, -0.05) is 6.08 Å². The molecule has 0 spiro atoms. The predicted octanol–water partition coefficient (Wildman–Crippen LogP) is 0.162. The number of morpholine rings is 1. The molecule has 2 aliphatic heterocycles. The zero-order chi connectivity index (χ0) is 17.6. The number of aromatic nitrogens is 3. The summed E-state index contributed by atoms with van der Waals surface area (Å²) >= 11 is 0. The Balaban J connectivity index is 1.64. The Bertz CT molecular complexity index is 606. The standard InChI is InChI=1S/C17H29N7O/c1-4-6-18-17(19-12-16-21-20-14(2)22(16)3)24-7-5-15(13-24)23-8-10-25-11-9-23/h4,15H,1,5-13H2,2-3H3,(H,18,19). The Labute approximate surface area is 149 Å². The first-order valence-corrected chi connectivity index (χ1v) is 9.00. The minimum atomic E-state index is 0.523. The first-order chi connectivity index (χ1) is 12.2. The molecule has 2 fully saturated rings. The molecule has 3 rings (SSSR count). The van der Waals surface area contributed by atoms with Crippen molar-refractivity contribution in [2.45, 2.75) is 25.9 Å². The first kappa shape index (κ1) is 17.9. The molecule has 8 nitrogen and oxygen atoms in total. The molecule has 0 aliphatic carbocycles. The van der Waals surface area contributed by atoms with Gasteiger partial charge in [0.1, 0.15) is 12.4 Å². The summed E-state index contributed by atoms with van der Waals surface area (Å²) in [5.41, 5.74) is 0. The van der Waals surface area contributed by atoms with Crippen LogP contribution in [0.2, 0.25) is 0 Å². The van der Waals surface area contributed by atoms with E-state index in [0.717, 1.165) is 63.4 Å². The van der Waals surface area contributed by atoms with Crippen LogP contribution in [0.1, 0.15) is 18.1 Å². The van der Waals surface area contributed by atoms with E-state index in [-0.39, 0.29) is 0 Å². The fourth-order valence-corrected chi connectivity index (χ4v) is 3.34. The van der Waals surface area contributed by atoms with Crippen molar-refractivity contribution in [2.75, 3.05) is 45.9 Å². The van der Waals surface area contributed by atoms with Crippen LogP contribution in [0.5, 0.6) is 0 Å². The summed E-state index contributed by atoms with van der Waals surface area (Å²) in [6, 6.07) is 0.580. The van der Waals surface area contributed by atoms with E-state index in [4.69, 9.17) is 9.73 Å². The van der Waals surface area contributed by atoms with E-state index in [1.54, 1.807) is 0 Å². The molecule has 0 radical (unpaired) electrons. The highest BCUT2D eigenvalue weighted by atomic mass is 16.5. The molecule has 0 saturated carbocycles. The van der Waals surface area contributed by atoms with Crippen molar-refractivity contribution >= 4 is 5.96 Å². The molecule has 1 aromatic rings. The second-order valence-electron chi connectivity index (χ2n) is 6.57. The van der Waals surface area contributed by atoms with Crippen LogP contribution in [0.25, 0.3) is 0 Å². The lowest BCUT2D eigenvalue weighted by Gasteiger charge is -2.32. The normalized spacial score (nSPS) is 22.4. The number of rotatable bonds is 5. The van der Waals surface area contributed by atoms with Crippen LogP contribution in [0.15, 0.2) is 17.6 Å². The summed E-state index contributed by atoms with van der Waals surface area (Å²) in [4.78, 5) is 9.67. The molecule has 0 amide bonds. The second kappa shape index (κ2) is 8.44. The molecule has 1 aromatic heterocycles. The van der Waals surface area contributed by atoms with Gasteiger partial charge in [-0.05, 0) is 13.3 Å². The molecule has 1 unspecified atom stereocenters. The quantitative estimate of drug-likeness (QED) is 0.465. The van der Waals surface area contributed by atoms with Gasteiger partial charge in [0.15, 0.2) is 11.8 Å². The van der Waals surface area contributed by atoms with E-state index in [1.165, 1.54) is 0 Å². The first-order valence-electron chi connectivity index (χ1n) is 9.00. The van der Waals surface area contributed by atoms with E-state index < -0.39 is 0 Å². The fourth-order valence-electron chi connectivity index (χ4n) is 3.34. The van der Waals surface area contributed by atoms with Crippen molar-refractivity contribution in [3.05, 3.63) is 24.3 Å². The lowest BCUT2D eigenvalue weighted by Crippen LogP contribution is -2.46. The van der Waals surface area contributed by atoms with Gasteiger partial charge in [0.05, 0.1) is 13.2 Å². The van der Waals surface area contributed by atoms with Crippen LogP contribution < -0.4 is 5.32 Å². The Morgan fingerprint density at radius 3 is 2.84 bits per heavy atom. The predicted molar refractivity (Wildman–Crippen MR) is 97.4 cm³/mol. The molecule has 1 N–H and O–H groups in total. The minimum Gasteiger partial charge on any atom is -0.379 e. The maximum absolute atomic E-state index is 5.47. The summed E-state index contributed by atoms with van der Waals surface area (Å²) in [6.07, 6.45) is 3.02. The largest absolute Gasteiger partial charge is 0.379 e. The number of guanidine groups is 1. The van der Waals surface area contributed by atoms with Gasteiger partial charge < -0.3 is 19.5 Å². The summed E-state index contributed by atoms with van der Waals surface area (Å²) in [7, 11) is 1.97. The number of aliphatic imine (C=N–C) groups is 1. The molecule has 8 heteroatoms. The van der Waals surface area contributed by atoms with Gasteiger partial charge in [0.2, 0.25) is 0 Å². The third kappa shape index (κ3) is 4.38. The van der Waals surface area contributed by atoms with Crippen molar-refractivity contribution in [3.8, 4) is 0 Å². The van der Waals surface area contributed by atoms with Crippen molar-refractivity contribution in [1.29, 1.82) is 0 Å². The molecule has 138 valence electrons. The van der Waals surface area contributed by atoms with E-state index in [1.807, 2.05) is 24.6 Å². The van der Waals surface area contributed by atoms with Gasteiger partial charge in [-0.25, -0.2) is 4.99 Å². The molecule has 1 atom stereocenters. The number of hydrogen-bond acceptors (Lipinski definition) is 5. The van der Waals surface area contributed by atoms with Crippen molar-refractivity contribution in [3.63, 3.8) is 0 Å². The number of hydrogen-bond donors (Lipinski definition) is 1. The molecule has 0 bridgehead atoms. The Hall–Kier alpha value is -1.93. The lowest BCUT2D eigenvalue weighted by atomic mass is 10.2. The highest BCUT2D eigenvalue weighted by Gasteiger charge is 2.30. The zero-order valence-corrected chi connectivity index (χ0v) is 15.3. The fraction of sp³-hybridized carbons (Fsp3) is 0.706. The van der Waals surface area contributed by atoms with Crippen molar-refractivity contribution < 1.29 is 4.74 Å². The van der Waals surface area contributed by atoms with Gasteiger partial charge in [0.25, 0.3) is 0 Å². The van der Waals surface area contributed by atoms with Gasteiger partial charge >= 0.3 is 0 Å². The van der Waals surface area contributed by atoms with Crippen molar-refractivity contribution in [1.82, 2.24) is 29.9 Å². The van der Waals surface area contributed by atoms with E-state index in [0.29, 0.717) is 19.1 Å². The molecule has 0 aromatic carbocycles. The van der Waals surface area contributed by atoms with E-state index in [9.17, 15) is 0 Å². The van der Waals surface area contributed by atoms with Gasteiger partial charge in [-0.3, -0.25) is 4.90 Å². The Morgan fingerprint density at radius 2 is 2.16 bits per heavy atom. The van der Waals surface area contributed by atoms with E-state index >= 15 is 0 Å². The van der Waals surface area contributed by atoms with Crippen LogP contribution in [-0.4, -0.2) is 82.5 Å². The van der Waals surface area contributed by atoms with Crippen LogP contribution in [0.4, 0.5) is 0 Å². The topological polar surface area (TPSA) is 70.8 Å². The lowest BCUT2D eigenvalue weighted by molar-refractivity contribution is 0.0195. The Morgan fingerprint density at radius 1 is 1.36 bits per heavy atom. The molecule has 2 saturated heterocycles. The highest BCUT2D eigenvalue weighted by Crippen LogP contribution is 2.17. The maximum atomic E-state index is 5.47. The third-order valence-electron chi connectivity index (χ3n) is 4.98. The van der Waals surface area contributed by atoms with Gasteiger partial charge in [0, 0.05) is 45.8 Å². The van der Waals surface area contributed by atoms with Gasteiger partial charge in [-0.2, -0.15) is 0 Å². The monoisotopic (exact) mass is 347 g/mol.